The molecular formula is C32H38BrN3O4S. The number of nitrogens with zero attached hydrogens (tertiary/aromatic N) is 2. The highest BCUT2D eigenvalue weighted by molar-refractivity contribution is 9.10. The van der Waals surface area contributed by atoms with E-state index < -0.39 is 28.5 Å². The Balaban J connectivity index is 1.72. The van der Waals surface area contributed by atoms with Gasteiger partial charge >= 0.3 is 0 Å². The molecule has 4 rings (SSSR count). The van der Waals surface area contributed by atoms with Crippen LogP contribution in [0, 0.1) is 6.92 Å². The van der Waals surface area contributed by atoms with Crippen LogP contribution in [0.2, 0.25) is 0 Å². The van der Waals surface area contributed by atoms with Gasteiger partial charge in [-0.2, -0.15) is 0 Å². The van der Waals surface area contributed by atoms with Gasteiger partial charge in [-0.3, -0.25) is 13.9 Å². The van der Waals surface area contributed by atoms with Crippen molar-refractivity contribution in [2.45, 2.75) is 64.1 Å². The van der Waals surface area contributed by atoms with Crippen molar-refractivity contribution in [2.75, 3.05) is 17.1 Å². The van der Waals surface area contributed by atoms with Crippen LogP contribution in [0.3, 0.4) is 0 Å². The second-order valence-electron chi connectivity index (χ2n) is 10.8. The summed E-state index contributed by atoms with van der Waals surface area (Å²) in [5.41, 5.74) is 3.04. The Kier molecular flexibility index (Phi) is 10.6. The van der Waals surface area contributed by atoms with Crippen molar-refractivity contribution in [3.8, 4) is 0 Å². The summed E-state index contributed by atoms with van der Waals surface area (Å²) in [5.74, 6) is -0.665. The van der Waals surface area contributed by atoms with E-state index >= 15 is 0 Å². The Labute approximate surface area is 252 Å². The van der Waals surface area contributed by atoms with Crippen molar-refractivity contribution in [1.29, 1.82) is 0 Å². The van der Waals surface area contributed by atoms with Gasteiger partial charge < -0.3 is 10.2 Å². The van der Waals surface area contributed by atoms with Crippen molar-refractivity contribution in [1.82, 2.24) is 10.2 Å². The van der Waals surface area contributed by atoms with Gasteiger partial charge in [-0.05, 0) is 60.7 Å². The number of hydrogen-bond donors (Lipinski definition) is 1. The maximum Gasteiger partial charge on any atom is 0.244 e. The molecule has 7 nitrogen and oxygen atoms in total. The van der Waals surface area contributed by atoms with Crippen LogP contribution < -0.4 is 9.62 Å². The van der Waals surface area contributed by atoms with Crippen molar-refractivity contribution >= 4 is 43.5 Å². The highest BCUT2D eigenvalue weighted by atomic mass is 79.9. The molecule has 1 saturated carbocycles. The van der Waals surface area contributed by atoms with Gasteiger partial charge in [0.1, 0.15) is 12.6 Å². The molecule has 0 bridgehead atoms. The lowest BCUT2D eigenvalue weighted by molar-refractivity contribution is -0.140. The van der Waals surface area contributed by atoms with E-state index in [2.05, 4.69) is 21.2 Å². The fourth-order valence-corrected chi connectivity index (χ4v) is 6.62. The van der Waals surface area contributed by atoms with Gasteiger partial charge in [0.2, 0.25) is 21.8 Å². The number of halogens is 1. The zero-order chi connectivity index (χ0) is 29.4. The molecule has 3 aromatic rings. The number of aryl methyl sites for hydroxylation is 1. The molecule has 0 aliphatic heterocycles. The summed E-state index contributed by atoms with van der Waals surface area (Å²) in [6, 6.07) is 23.5. The first kappa shape index (κ1) is 30.8. The quantitative estimate of drug-likeness (QED) is 0.295. The van der Waals surface area contributed by atoms with E-state index in [1.165, 1.54) is 0 Å². The van der Waals surface area contributed by atoms with Crippen molar-refractivity contribution < 1.29 is 18.0 Å². The molecule has 218 valence electrons. The summed E-state index contributed by atoms with van der Waals surface area (Å²) in [4.78, 5) is 29.7. The van der Waals surface area contributed by atoms with E-state index in [1.54, 1.807) is 23.1 Å². The van der Waals surface area contributed by atoms with E-state index in [1.807, 2.05) is 67.6 Å². The molecule has 1 fully saturated rings. The highest BCUT2D eigenvalue weighted by Crippen LogP contribution is 2.23. The minimum atomic E-state index is -3.79. The maximum absolute atomic E-state index is 14.2. The second kappa shape index (κ2) is 14.1. The van der Waals surface area contributed by atoms with Crippen LogP contribution >= 0.6 is 15.9 Å². The summed E-state index contributed by atoms with van der Waals surface area (Å²) in [6.07, 6.45) is 6.52. The van der Waals surface area contributed by atoms with Crippen LogP contribution in [0.5, 0.6) is 0 Å². The molecule has 9 heteroatoms. The third kappa shape index (κ3) is 8.91. The summed E-state index contributed by atoms with van der Waals surface area (Å²) >= 11 is 3.51. The molecule has 0 aromatic heterocycles. The standard InChI is InChI=1S/C32H38BrN3O4S/c1-24-11-9-18-29(19-24)36(41(2,39)40)23-31(37)35(22-26-14-10-15-27(33)20-26)30(21-25-12-5-3-6-13-25)32(38)34-28-16-7-4-8-17-28/h3,5-6,9-15,18-20,28,30H,4,7-8,16-17,21-23H2,1-2H3,(H,34,38)/t30-/m0/s1. The third-order valence-corrected chi connectivity index (χ3v) is 9.07. The molecule has 0 spiro atoms. The van der Waals surface area contributed by atoms with E-state index in [-0.39, 0.29) is 18.5 Å². The Bertz CT molecular complexity index is 1440. The smallest absolute Gasteiger partial charge is 0.244 e. The lowest BCUT2D eigenvalue weighted by atomic mass is 9.94. The Hall–Kier alpha value is -3.17. The number of benzene rings is 3. The summed E-state index contributed by atoms with van der Waals surface area (Å²) in [6.45, 7) is 1.61. The summed E-state index contributed by atoms with van der Waals surface area (Å²) in [7, 11) is -3.79. The highest BCUT2D eigenvalue weighted by Gasteiger charge is 2.34. The molecule has 0 radical (unpaired) electrons. The first-order valence-electron chi connectivity index (χ1n) is 14.0. The first-order chi connectivity index (χ1) is 19.6. The van der Waals surface area contributed by atoms with Crippen LogP contribution in [-0.4, -0.2) is 50.0 Å². The zero-order valence-electron chi connectivity index (χ0n) is 23.6. The van der Waals surface area contributed by atoms with Gasteiger partial charge in [0.25, 0.3) is 0 Å². The van der Waals surface area contributed by atoms with Gasteiger partial charge in [0, 0.05) is 23.5 Å². The van der Waals surface area contributed by atoms with Gasteiger partial charge in [-0.1, -0.05) is 89.8 Å². The van der Waals surface area contributed by atoms with Crippen LogP contribution in [0.4, 0.5) is 5.69 Å². The molecule has 0 heterocycles. The molecule has 2 amide bonds. The van der Waals surface area contributed by atoms with Crippen LogP contribution in [0.15, 0.2) is 83.3 Å². The number of carbonyl (C=O) groups is 2. The van der Waals surface area contributed by atoms with E-state index in [0.29, 0.717) is 12.1 Å². The third-order valence-electron chi connectivity index (χ3n) is 7.43. The van der Waals surface area contributed by atoms with Gasteiger partial charge in [0.15, 0.2) is 0 Å². The molecule has 41 heavy (non-hydrogen) atoms. The van der Waals surface area contributed by atoms with Crippen LogP contribution in [-0.2, 0) is 32.6 Å². The monoisotopic (exact) mass is 639 g/mol. The largest absolute Gasteiger partial charge is 0.352 e. The minimum Gasteiger partial charge on any atom is -0.352 e. The van der Waals surface area contributed by atoms with Gasteiger partial charge in [-0.25, -0.2) is 8.42 Å². The topological polar surface area (TPSA) is 86.8 Å². The van der Waals surface area contributed by atoms with E-state index in [9.17, 15) is 18.0 Å². The zero-order valence-corrected chi connectivity index (χ0v) is 26.0. The molecule has 1 aliphatic carbocycles. The Morgan fingerprint density at radius 3 is 2.27 bits per heavy atom. The molecule has 0 saturated heterocycles. The maximum atomic E-state index is 14.2. The average Bonchev–Trinajstić information content (AvgIpc) is 2.94. The lowest BCUT2D eigenvalue weighted by Gasteiger charge is -2.35. The number of anilines is 1. The van der Waals surface area contributed by atoms with Crippen molar-refractivity contribution in [3.63, 3.8) is 0 Å². The molecule has 3 aromatic carbocycles. The molecule has 1 N–H and O–H groups in total. The van der Waals surface area contributed by atoms with Gasteiger partial charge in [0.05, 0.1) is 11.9 Å². The molecule has 0 unspecified atom stereocenters. The molecular weight excluding hydrogens is 602 g/mol. The number of rotatable bonds is 11. The molecule has 1 atom stereocenters. The summed E-state index contributed by atoms with van der Waals surface area (Å²) in [5, 5.41) is 3.22. The summed E-state index contributed by atoms with van der Waals surface area (Å²) < 4.78 is 27.8. The minimum absolute atomic E-state index is 0.0668. The van der Waals surface area contributed by atoms with Crippen LogP contribution in [0.25, 0.3) is 0 Å². The number of carbonyl (C=O) groups excluding carboxylic acids is 2. The second-order valence-corrected chi connectivity index (χ2v) is 13.6. The Morgan fingerprint density at radius 2 is 1.61 bits per heavy atom. The number of amides is 2. The predicted molar refractivity (Wildman–Crippen MR) is 167 cm³/mol. The number of hydrogen-bond acceptors (Lipinski definition) is 4. The van der Waals surface area contributed by atoms with Crippen molar-refractivity contribution in [3.05, 3.63) is 100 Å². The fraction of sp³-hybridized carbons (Fsp3) is 0.375. The number of sulfonamides is 1. The van der Waals surface area contributed by atoms with Crippen molar-refractivity contribution in [2.24, 2.45) is 0 Å². The lowest BCUT2D eigenvalue weighted by Crippen LogP contribution is -2.55. The van der Waals surface area contributed by atoms with Crippen LogP contribution in [0.1, 0.15) is 48.8 Å². The SMILES string of the molecule is Cc1cccc(N(CC(=O)N(Cc2cccc(Br)c2)[C@@H](Cc2ccccc2)C(=O)NC2CCCCC2)S(C)(=O)=O)c1. The van der Waals surface area contributed by atoms with Gasteiger partial charge in [-0.15, -0.1) is 0 Å². The van der Waals surface area contributed by atoms with E-state index in [0.717, 1.165) is 63.8 Å². The first-order valence-corrected chi connectivity index (χ1v) is 16.7. The van der Waals surface area contributed by atoms with E-state index in [4.69, 9.17) is 0 Å². The predicted octanol–water partition coefficient (Wildman–Crippen LogP) is 5.61. The fourth-order valence-electron chi connectivity index (χ4n) is 5.33. The normalized spacial score (nSPS) is 14.7. The average molecular weight is 641 g/mol. The molecule has 1 aliphatic rings. The Morgan fingerprint density at radius 1 is 0.927 bits per heavy atom. The number of nitrogens with one attached hydrogen (secondary N) is 1.